The number of hydrogen-bond acceptors (Lipinski definition) is 4. The van der Waals surface area contributed by atoms with E-state index in [4.69, 9.17) is 10.5 Å². The topological polar surface area (TPSA) is 64.3 Å². The lowest BCUT2D eigenvalue weighted by Gasteiger charge is -2.15. The molecule has 0 radical (unpaired) electrons. The Morgan fingerprint density at radius 3 is 2.82 bits per heavy atom. The molecule has 0 fully saturated rings. The average molecular weight is 236 g/mol. The van der Waals surface area contributed by atoms with Crippen LogP contribution in [0.3, 0.4) is 0 Å². The maximum atomic E-state index is 11.6. The van der Waals surface area contributed by atoms with Crippen molar-refractivity contribution in [3.8, 4) is 0 Å². The van der Waals surface area contributed by atoms with E-state index in [-0.39, 0.29) is 5.97 Å². The van der Waals surface area contributed by atoms with Crippen molar-refractivity contribution in [3.63, 3.8) is 0 Å². The molecule has 0 aliphatic rings. The number of ether oxygens (including phenoxy) is 1. The fraction of sp³-hybridized carbons (Fsp3) is 0.462. The zero-order valence-electron chi connectivity index (χ0n) is 10.6. The lowest BCUT2D eigenvalue weighted by Crippen LogP contribution is -2.15. The van der Waals surface area contributed by atoms with Crippen LogP contribution in [-0.2, 0) is 4.74 Å². The normalized spacial score (nSPS) is 11.9. The van der Waals surface area contributed by atoms with Gasteiger partial charge in [-0.1, -0.05) is 26.3 Å². The largest absolute Gasteiger partial charge is 0.465 e. The molecule has 1 aromatic carbocycles. The van der Waals surface area contributed by atoms with E-state index in [0.29, 0.717) is 22.9 Å². The summed E-state index contributed by atoms with van der Waals surface area (Å²) in [4.78, 5) is 11.6. The number of anilines is 2. The maximum absolute atomic E-state index is 11.6. The van der Waals surface area contributed by atoms with Crippen molar-refractivity contribution in [1.29, 1.82) is 0 Å². The van der Waals surface area contributed by atoms with Gasteiger partial charge in [0.25, 0.3) is 0 Å². The summed E-state index contributed by atoms with van der Waals surface area (Å²) in [5.74, 6) is 0.157. The Kier molecular flexibility index (Phi) is 4.82. The van der Waals surface area contributed by atoms with E-state index in [9.17, 15) is 4.79 Å². The van der Waals surface area contributed by atoms with Gasteiger partial charge in [0.2, 0.25) is 0 Å². The first-order valence-corrected chi connectivity index (χ1v) is 5.80. The van der Waals surface area contributed by atoms with Crippen molar-refractivity contribution in [2.75, 3.05) is 24.7 Å². The van der Waals surface area contributed by atoms with Gasteiger partial charge in [0.05, 0.1) is 24.0 Å². The number of methoxy groups -OCH3 is 1. The predicted molar refractivity (Wildman–Crippen MR) is 70.1 cm³/mol. The molecular weight excluding hydrogens is 216 g/mol. The molecule has 1 unspecified atom stereocenters. The summed E-state index contributed by atoms with van der Waals surface area (Å²) in [5.41, 5.74) is 7.59. The zero-order valence-corrected chi connectivity index (χ0v) is 10.6. The van der Waals surface area contributed by atoms with Gasteiger partial charge in [-0.25, -0.2) is 4.79 Å². The second kappa shape index (κ2) is 6.13. The highest BCUT2D eigenvalue weighted by Crippen LogP contribution is 2.24. The SMILES string of the molecule is CCC(C)CNc1c(N)cccc1C(=O)OC. The van der Waals surface area contributed by atoms with Gasteiger partial charge in [-0.05, 0) is 18.1 Å². The Hall–Kier alpha value is -1.71. The lowest BCUT2D eigenvalue weighted by molar-refractivity contribution is 0.0602. The highest BCUT2D eigenvalue weighted by molar-refractivity contribution is 5.98. The number of carbonyl (C=O) groups excluding carboxylic acids is 1. The quantitative estimate of drug-likeness (QED) is 0.609. The van der Waals surface area contributed by atoms with E-state index in [1.54, 1.807) is 18.2 Å². The van der Waals surface area contributed by atoms with Gasteiger partial charge in [-0.15, -0.1) is 0 Å². The van der Waals surface area contributed by atoms with E-state index < -0.39 is 0 Å². The molecular formula is C13H20N2O2. The van der Waals surface area contributed by atoms with Crippen molar-refractivity contribution in [2.45, 2.75) is 20.3 Å². The van der Waals surface area contributed by atoms with Crippen LogP contribution in [0.25, 0.3) is 0 Å². The Balaban J connectivity index is 2.92. The molecule has 0 saturated heterocycles. The van der Waals surface area contributed by atoms with Crippen LogP contribution in [-0.4, -0.2) is 19.6 Å². The number of nitrogen functional groups attached to an aromatic ring is 1. The Morgan fingerprint density at radius 2 is 2.24 bits per heavy atom. The summed E-state index contributed by atoms with van der Waals surface area (Å²) in [7, 11) is 1.37. The second-order valence-corrected chi connectivity index (χ2v) is 4.16. The molecule has 0 amide bonds. The number of carbonyl (C=O) groups is 1. The van der Waals surface area contributed by atoms with Crippen LogP contribution in [0.4, 0.5) is 11.4 Å². The first-order chi connectivity index (χ1) is 8.10. The molecule has 1 aromatic rings. The van der Waals surface area contributed by atoms with Crippen LogP contribution in [0.2, 0.25) is 0 Å². The van der Waals surface area contributed by atoms with Crippen LogP contribution in [0.5, 0.6) is 0 Å². The molecule has 0 aliphatic heterocycles. The Morgan fingerprint density at radius 1 is 1.53 bits per heavy atom. The number of nitrogens with one attached hydrogen (secondary N) is 1. The minimum absolute atomic E-state index is 0.371. The Labute approximate surface area is 102 Å². The van der Waals surface area contributed by atoms with Gasteiger partial charge in [0, 0.05) is 6.54 Å². The summed E-state index contributed by atoms with van der Waals surface area (Å²) in [6, 6.07) is 5.22. The van der Waals surface area contributed by atoms with Gasteiger partial charge >= 0.3 is 5.97 Å². The highest BCUT2D eigenvalue weighted by atomic mass is 16.5. The molecule has 0 aromatic heterocycles. The summed E-state index contributed by atoms with van der Waals surface area (Å²) in [6.07, 6.45) is 1.08. The molecule has 4 nitrogen and oxygen atoms in total. The van der Waals surface area contributed by atoms with Crippen LogP contribution < -0.4 is 11.1 Å². The van der Waals surface area contributed by atoms with Crippen LogP contribution >= 0.6 is 0 Å². The fourth-order valence-corrected chi connectivity index (χ4v) is 1.47. The number of esters is 1. The average Bonchev–Trinajstić information content (AvgIpc) is 2.35. The Bertz CT molecular complexity index is 391. The van der Waals surface area contributed by atoms with Crippen molar-refractivity contribution in [1.82, 2.24) is 0 Å². The van der Waals surface area contributed by atoms with E-state index in [0.717, 1.165) is 13.0 Å². The fourth-order valence-electron chi connectivity index (χ4n) is 1.47. The summed E-state index contributed by atoms with van der Waals surface area (Å²) >= 11 is 0. The molecule has 0 heterocycles. The van der Waals surface area contributed by atoms with Gasteiger partial charge in [-0.3, -0.25) is 0 Å². The van der Waals surface area contributed by atoms with E-state index in [1.807, 2.05) is 0 Å². The monoisotopic (exact) mass is 236 g/mol. The highest BCUT2D eigenvalue weighted by Gasteiger charge is 2.14. The molecule has 0 spiro atoms. The number of rotatable bonds is 5. The van der Waals surface area contributed by atoms with Gasteiger partial charge < -0.3 is 15.8 Å². The molecule has 94 valence electrons. The van der Waals surface area contributed by atoms with Gasteiger partial charge in [0.1, 0.15) is 0 Å². The first kappa shape index (κ1) is 13.4. The van der Waals surface area contributed by atoms with Crippen LogP contribution in [0.1, 0.15) is 30.6 Å². The molecule has 0 aliphatic carbocycles. The molecule has 1 atom stereocenters. The minimum atomic E-state index is -0.371. The third kappa shape index (κ3) is 3.37. The van der Waals surface area contributed by atoms with Crippen LogP contribution in [0, 0.1) is 5.92 Å². The number of hydrogen-bond donors (Lipinski definition) is 2. The van der Waals surface area contributed by atoms with Crippen molar-refractivity contribution < 1.29 is 9.53 Å². The minimum Gasteiger partial charge on any atom is -0.465 e. The molecule has 0 saturated carbocycles. The molecule has 3 N–H and O–H groups in total. The third-order valence-corrected chi connectivity index (χ3v) is 2.83. The van der Waals surface area contributed by atoms with Crippen molar-refractivity contribution in [3.05, 3.63) is 23.8 Å². The molecule has 17 heavy (non-hydrogen) atoms. The molecule has 1 rings (SSSR count). The molecule has 4 heteroatoms. The smallest absolute Gasteiger partial charge is 0.340 e. The summed E-state index contributed by atoms with van der Waals surface area (Å²) < 4.78 is 4.73. The van der Waals surface area contributed by atoms with Crippen molar-refractivity contribution in [2.24, 2.45) is 5.92 Å². The summed E-state index contributed by atoms with van der Waals surface area (Å²) in [6.45, 7) is 5.06. The zero-order chi connectivity index (χ0) is 12.8. The standard InChI is InChI=1S/C13H20N2O2/c1-4-9(2)8-15-12-10(13(16)17-3)6-5-7-11(12)14/h5-7,9,15H,4,8,14H2,1-3H3. The van der Waals surface area contributed by atoms with Crippen LogP contribution in [0.15, 0.2) is 18.2 Å². The van der Waals surface area contributed by atoms with Gasteiger partial charge in [-0.2, -0.15) is 0 Å². The maximum Gasteiger partial charge on any atom is 0.340 e. The summed E-state index contributed by atoms with van der Waals surface area (Å²) in [5, 5.41) is 3.22. The van der Waals surface area contributed by atoms with E-state index in [1.165, 1.54) is 7.11 Å². The third-order valence-electron chi connectivity index (χ3n) is 2.83. The first-order valence-electron chi connectivity index (χ1n) is 5.80. The molecule has 0 bridgehead atoms. The van der Waals surface area contributed by atoms with E-state index in [2.05, 4.69) is 19.2 Å². The second-order valence-electron chi connectivity index (χ2n) is 4.16. The van der Waals surface area contributed by atoms with Gasteiger partial charge in [0.15, 0.2) is 0 Å². The van der Waals surface area contributed by atoms with Crippen molar-refractivity contribution >= 4 is 17.3 Å². The number of benzene rings is 1. The number of para-hydroxylation sites is 1. The van der Waals surface area contributed by atoms with E-state index >= 15 is 0 Å². The predicted octanol–water partition coefficient (Wildman–Crippen LogP) is 2.51. The lowest BCUT2D eigenvalue weighted by atomic mass is 10.1. The number of nitrogens with two attached hydrogens (primary N) is 1.